The minimum absolute atomic E-state index is 0.0625. The average Bonchev–Trinajstić information content (AvgIpc) is 3.28. The molecule has 0 amide bonds. The van der Waals surface area contributed by atoms with E-state index in [0.717, 1.165) is 63.7 Å². The lowest BCUT2D eigenvalue weighted by molar-refractivity contribution is -0.167. The monoisotopic (exact) mass is 891 g/mol. The summed E-state index contributed by atoms with van der Waals surface area (Å²) in [6.45, 7) is 9.06. The first kappa shape index (κ1) is 61.4. The van der Waals surface area contributed by atoms with E-state index in [1.807, 2.05) is 0 Å². The highest BCUT2D eigenvalue weighted by Gasteiger charge is 2.19. The van der Waals surface area contributed by atoms with Gasteiger partial charge in [-0.3, -0.25) is 14.4 Å². The smallest absolute Gasteiger partial charge is 0.306 e. The van der Waals surface area contributed by atoms with Crippen molar-refractivity contribution < 1.29 is 28.6 Å². The van der Waals surface area contributed by atoms with Gasteiger partial charge in [-0.25, -0.2) is 0 Å². The van der Waals surface area contributed by atoms with Crippen LogP contribution in [0.3, 0.4) is 0 Å². The summed E-state index contributed by atoms with van der Waals surface area (Å²) in [7, 11) is 0. The second kappa shape index (κ2) is 51.4. The summed E-state index contributed by atoms with van der Waals surface area (Å²) in [6.07, 6.45) is 55.4. The van der Waals surface area contributed by atoms with E-state index in [0.29, 0.717) is 19.3 Å². The van der Waals surface area contributed by atoms with Crippen LogP contribution in [0.2, 0.25) is 0 Å². The Labute approximate surface area is 393 Å². The molecule has 374 valence electrons. The van der Waals surface area contributed by atoms with Gasteiger partial charge in [-0.1, -0.05) is 285 Å². The van der Waals surface area contributed by atoms with Crippen molar-refractivity contribution in [3.05, 3.63) is 0 Å². The van der Waals surface area contributed by atoms with E-state index in [1.54, 1.807) is 0 Å². The van der Waals surface area contributed by atoms with Crippen LogP contribution >= 0.6 is 0 Å². The lowest BCUT2D eigenvalue weighted by atomic mass is 9.99. The van der Waals surface area contributed by atoms with Gasteiger partial charge in [0, 0.05) is 19.3 Å². The van der Waals surface area contributed by atoms with Crippen molar-refractivity contribution in [2.24, 2.45) is 5.92 Å². The second-order valence-corrected chi connectivity index (χ2v) is 19.8. The molecule has 0 aromatic carbocycles. The fourth-order valence-electron chi connectivity index (χ4n) is 8.72. The molecule has 0 aromatic heterocycles. The van der Waals surface area contributed by atoms with Crippen molar-refractivity contribution in [3.63, 3.8) is 0 Å². The van der Waals surface area contributed by atoms with Crippen molar-refractivity contribution in [1.29, 1.82) is 0 Å². The Morgan fingerprint density at radius 3 is 0.825 bits per heavy atom. The minimum Gasteiger partial charge on any atom is -0.462 e. The average molecular weight is 892 g/mol. The molecule has 63 heavy (non-hydrogen) atoms. The zero-order chi connectivity index (χ0) is 45.9. The predicted octanol–water partition coefficient (Wildman–Crippen LogP) is 18.6. The summed E-state index contributed by atoms with van der Waals surface area (Å²) in [6, 6.07) is 0. The van der Waals surface area contributed by atoms with Gasteiger partial charge < -0.3 is 14.2 Å². The van der Waals surface area contributed by atoms with Gasteiger partial charge in [0.25, 0.3) is 0 Å². The van der Waals surface area contributed by atoms with Gasteiger partial charge in [-0.05, 0) is 25.2 Å². The molecular weight excluding hydrogens is 781 g/mol. The highest BCUT2D eigenvalue weighted by Crippen LogP contribution is 2.18. The van der Waals surface area contributed by atoms with E-state index in [-0.39, 0.29) is 31.1 Å². The molecule has 1 unspecified atom stereocenters. The molecule has 0 aliphatic heterocycles. The maximum atomic E-state index is 12.8. The van der Waals surface area contributed by atoms with Crippen molar-refractivity contribution in [2.75, 3.05) is 13.2 Å². The third-order valence-electron chi connectivity index (χ3n) is 13.4. The molecule has 0 rings (SSSR count). The molecule has 6 nitrogen and oxygen atoms in total. The van der Waals surface area contributed by atoms with Gasteiger partial charge in [-0.15, -0.1) is 0 Å². The number of unbranched alkanes of at least 4 members (excludes halogenated alkanes) is 38. The van der Waals surface area contributed by atoms with Crippen molar-refractivity contribution in [1.82, 2.24) is 0 Å². The maximum absolute atomic E-state index is 12.8. The minimum atomic E-state index is -0.760. The van der Waals surface area contributed by atoms with E-state index in [4.69, 9.17) is 14.2 Å². The molecule has 2 atom stereocenters. The molecule has 0 radical (unpaired) electrons. The summed E-state index contributed by atoms with van der Waals surface area (Å²) in [5.74, 6) is 0.0649. The Hall–Kier alpha value is -1.59. The van der Waals surface area contributed by atoms with Crippen LogP contribution in [-0.4, -0.2) is 37.2 Å². The maximum Gasteiger partial charge on any atom is 0.306 e. The van der Waals surface area contributed by atoms with Crippen LogP contribution in [0.25, 0.3) is 0 Å². The van der Waals surface area contributed by atoms with Crippen molar-refractivity contribution in [2.45, 2.75) is 329 Å². The number of carbonyl (C=O) groups excluding carboxylic acids is 3. The number of hydrogen-bond acceptors (Lipinski definition) is 6. The first-order valence-corrected chi connectivity index (χ1v) is 28.4. The van der Waals surface area contributed by atoms with E-state index < -0.39 is 6.10 Å². The van der Waals surface area contributed by atoms with Gasteiger partial charge in [0.05, 0.1) is 0 Å². The fourth-order valence-corrected chi connectivity index (χ4v) is 8.72. The SMILES string of the molecule is CCCCCCCCCCCCCCCCCCC(=O)O[C@@H](COC(=O)CCCCCCCCC)COC(=O)CCCCCCCCCCCCCCCCCCCCC(C)CC. The molecule has 0 fully saturated rings. The number of ether oxygens (including phenoxy) is 3. The summed E-state index contributed by atoms with van der Waals surface area (Å²) in [5.41, 5.74) is 0. The number of carbonyl (C=O) groups is 3. The summed E-state index contributed by atoms with van der Waals surface area (Å²) in [4.78, 5) is 37.9. The van der Waals surface area contributed by atoms with Crippen LogP contribution in [-0.2, 0) is 28.6 Å². The fraction of sp³-hybridized carbons (Fsp3) is 0.947. The van der Waals surface area contributed by atoms with Crippen LogP contribution in [0.4, 0.5) is 0 Å². The Kier molecular flexibility index (Phi) is 50.1. The molecule has 0 aliphatic carbocycles. The van der Waals surface area contributed by atoms with Crippen LogP contribution in [0.15, 0.2) is 0 Å². The first-order chi connectivity index (χ1) is 30.9. The molecule has 0 spiro atoms. The van der Waals surface area contributed by atoms with Crippen molar-refractivity contribution in [3.8, 4) is 0 Å². The molecule has 0 N–H and O–H groups in total. The third-order valence-corrected chi connectivity index (χ3v) is 13.4. The van der Waals surface area contributed by atoms with Gasteiger partial charge in [0.2, 0.25) is 0 Å². The highest BCUT2D eigenvalue weighted by atomic mass is 16.6. The lowest BCUT2D eigenvalue weighted by Crippen LogP contribution is -2.30. The number of esters is 3. The first-order valence-electron chi connectivity index (χ1n) is 28.4. The van der Waals surface area contributed by atoms with E-state index >= 15 is 0 Å². The van der Waals surface area contributed by atoms with Gasteiger partial charge in [0.15, 0.2) is 6.10 Å². The zero-order valence-corrected chi connectivity index (χ0v) is 43.0. The Bertz CT molecular complexity index is 951. The molecular formula is C57H110O6. The Morgan fingerprint density at radius 2 is 0.556 bits per heavy atom. The predicted molar refractivity (Wildman–Crippen MR) is 270 cm³/mol. The number of rotatable bonds is 52. The largest absolute Gasteiger partial charge is 0.462 e. The van der Waals surface area contributed by atoms with Crippen LogP contribution in [0, 0.1) is 5.92 Å². The second-order valence-electron chi connectivity index (χ2n) is 19.8. The van der Waals surface area contributed by atoms with Crippen LogP contribution in [0.5, 0.6) is 0 Å². The van der Waals surface area contributed by atoms with Gasteiger partial charge in [0.1, 0.15) is 13.2 Å². The quantitative estimate of drug-likeness (QED) is 0.0344. The molecule has 0 aliphatic rings. The third kappa shape index (κ3) is 49.7. The Morgan fingerprint density at radius 1 is 0.317 bits per heavy atom. The van der Waals surface area contributed by atoms with Gasteiger partial charge in [-0.2, -0.15) is 0 Å². The van der Waals surface area contributed by atoms with E-state index in [1.165, 1.54) is 218 Å². The molecule has 0 heterocycles. The normalized spacial score (nSPS) is 12.4. The van der Waals surface area contributed by atoms with Crippen LogP contribution in [0.1, 0.15) is 323 Å². The molecule has 6 heteroatoms. The lowest BCUT2D eigenvalue weighted by Gasteiger charge is -2.18. The van der Waals surface area contributed by atoms with E-state index in [2.05, 4.69) is 27.7 Å². The summed E-state index contributed by atoms with van der Waals surface area (Å²) < 4.78 is 16.8. The molecule has 0 aromatic rings. The highest BCUT2D eigenvalue weighted by molar-refractivity contribution is 5.71. The molecule has 0 bridgehead atoms. The molecule has 0 saturated carbocycles. The van der Waals surface area contributed by atoms with Gasteiger partial charge >= 0.3 is 17.9 Å². The van der Waals surface area contributed by atoms with Crippen LogP contribution < -0.4 is 0 Å². The molecule has 0 saturated heterocycles. The summed E-state index contributed by atoms with van der Waals surface area (Å²) >= 11 is 0. The van der Waals surface area contributed by atoms with Crippen molar-refractivity contribution >= 4 is 17.9 Å². The number of hydrogen-bond donors (Lipinski definition) is 0. The standard InChI is InChI=1S/C57H110O6/c1-5-8-10-12-14-15-16-17-18-24-28-31-34-38-42-46-50-57(60)63-54(51-61-55(58)48-44-40-35-13-11-9-6-2)52-62-56(59)49-45-41-37-33-30-27-25-22-20-19-21-23-26-29-32-36-39-43-47-53(4)7-3/h53-54H,5-52H2,1-4H3/t53?,54-/m0/s1. The zero-order valence-electron chi connectivity index (χ0n) is 43.0. The van der Waals surface area contributed by atoms with E-state index in [9.17, 15) is 14.4 Å². The summed E-state index contributed by atoms with van der Waals surface area (Å²) in [5, 5.41) is 0. The topological polar surface area (TPSA) is 78.9 Å². The Balaban J connectivity index is 4.11.